The van der Waals surface area contributed by atoms with Crippen LogP contribution in [0.4, 0.5) is 10.1 Å². The number of benzene rings is 1. The lowest BCUT2D eigenvalue weighted by molar-refractivity contribution is 0.329. The quantitative estimate of drug-likeness (QED) is 0.838. The molecule has 3 rings (SSSR count). The standard InChI is InChI=1S/C16H20FN3/c1-11-15(18)8-7-14(16(11)17)12-9-19-20(10-12)13-5-3-2-4-6-13/h7-10,13H,2-6,18H2,1H3. The molecule has 2 aromatic rings. The molecule has 1 aromatic heterocycles. The van der Waals surface area contributed by atoms with Crippen molar-refractivity contribution >= 4 is 5.69 Å². The average Bonchev–Trinajstić information content (AvgIpc) is 2.95. The zero-order chi connectivity index (χ0) is 14.1. The molecule has 0 amide bonds. The van der Waals surface area contributed by atoms with E-state index in [1.165, 1.54) is 32.1 Å². The largest absolute Gasteiger partial charge is 0.398 e. The molecule has 20 heavy (non-hydrogen) atoms. The summed E-state index contributed by atoms with van der Waals surface area (Å²) in [6, 6.07) is 3.96. The summed E-state index contributed by atoms with van der Waals surface area (Å²) < 4.78 is 16.3. The SMILES string of the molecule is Cc1c(N)ccc(-c2cnn(C3CCCCC3)c2)c1F. The van der Waals surface area contributed by atoms with E-state index in [0.717, 1.165) is 5.56 Å². The summed E-state index contributed by atoms with van der Waals surface area (Å²) in [4.78, 5) is 0. The Morgan fingerprint density at radius 1 is 1.25 bits per heavy atom. The van der Waals surface area contributed by atoms with Crippen LogP contribution in [0.15, 0.2) is 24.5 Å². The van der Waals surface area contributed by atoms with Crippen LogP contribution in [0, 0.1) is 12.7 Å². The van der Waals surface area contributed by atoms with Gasteiger partial charge in [0, 0.05) is 28.6 Å². The van der Waals surface area contributed by atoms with Gasteiger partial charge in [0.15, 0.2) is 0 Å². The van der Waals surface area contributed by atoms with E-state index in [9.17, 15) is 4.39 Å². The average molecular weight is 273 g/mol. The summed E-state index contributed by atoms with van der Waals surface area (Å²) in [6.45, 7) is 1.71. The van der Waals surface area contributed by atoms with E-state index in [2.05, 4.69) is 5.10 Å². The van der Waals surface area contributed by atoms with Crippen molar-refractivity contribution in [2.45, 2.75) is 45.1 Å². The van der Waals surface area contributed by atoms with E-state index in [-0.39, 0.29) is 5.82 Å². The van der Waals surface area contributed by atoms with E-state index in [4.69, 9.17) is 5.73 Å². The van der Waals surface area contributed by atoms with Crippen LogP contribution < -0.4 is 5.73 Å². The number of nitrogens with two attached hydrogens (primary N) is 1. The van der Waals surface area contributed by atoms with E-state index in [1.54, 1.807) is 25.3 Å². The summed E-state index contributed by atoms with van der Waals surface area (Å²) in [7, 11) is 0. The van der Waals surface area contributed by atoms with Crippen LogP contribution in [-0.2, 0) is 0 Å². The summed E-state index contributed by atoms with van der Waals surface area (Å²) in [5, 5.41) is 4.43. The van der Waals surface area contributed by atoms with Crippen molar-refractivity contribution in [3.05, 3.63) is 35.9 Å². The van der Waals surface area contributed by atoms with Crippen molar-refractivity contribution in [2.24, 2.45) is 0 Å². The molecule has 0 radical (unpaired) electrons. The van der Waals surface area contributed by atoms with E-state index in [1.807, 2.05) is 10.9 Å². The van der Waals surface area contributed by atoms with Crippen molar-refractivity contribution in [3.63, 3.8) is 0 Å². The highest BCUT2D eigenvalue weighted by Gasteiger charge is 2.17. The first-order chi connectivity index (χ1) is 9.66. The fourth-order valence-electron chi connectivity index (χ4n) is 2.95. The highest BCUT2D eigenvalue weighted by Crippen LogP contribution is 2.31. The third-order valence-corrected chi connectivity index (χ3v) is 4.29. The monoisotopic (exact) mass is 273 g/mol. The molecule has 0 aliphatic heterocycles. The van der Waals surface area contributed by atoms with Gasteiger partial charge >= 0.3 is 0 Å². The Bertz CT molecular complexity index is 612. The lowest BCUT2D eigenvalue weighted by Gasteiger charge is -2.21. The van der Waals surface area contributed by atoms with E-state index < -0.39 is 0 Å². The maximum atomic E-state index is 14.3. The van der Waals surface area contributed by atoms with Crippen LogP contribution in [0.5, 0.6) is 0 Å². The second-order valence-electron chi connectivity index (χ2n) is 5.64. The van der Waals surface area contributed by atoms with Crippen molar-refractivity contribution in [2.75, 3.05) is 5.73 Å². The summed E-state index contributed by atoms with van der Waals surface area (Å²) in [6.07, 6.45) is 9.89. The molecule has 1 aromatic carbocycles. The van der Waals surface area contributed by atoms with Gasteiger partial charge in [0.05, 0.1) is 12.2 Å². The molecule has 0 unspecified atom stereocenters. The molecule has 0 saturated heterocycles. The second-order valence-corrected chi connectivity index (χ2v) is 5.64. The maximum Gasteiger partial charge on any atom is 0.136 e. The van der Waals surface area contributed by atoms with Crippen LogP contribution in [0.3, 0.4) is 0 Å². The fraction of sp³-hybridized carbons (Fsp3) is 0.438. The molecule has 4 heteroatoms. The Morgan fingerprint density at radius 3 is 2.75 bits per heavy atom. The number of anilines is 1. The lowest BCUT2D eigenvalue weighted by atomic mass is 9.96. The Hall–Kier alpha value is -1.84. The Balaban J connectivity index is 1.92. The molecule has 0 spiro atoms. The third-order valence-electron chi connectivity index (χ3n) is 4.29. The van der Waals surface area contributed by atoms with Crippen LogP contribution in [0.25, 0.3) is 11.1 Å². The minimum Gasteiger partial charge on any atom is -0.398 e. The molecule has 0 atom stereocenters. The molecule has 1 aliphatic rings. The first-order valence-electron chi connectivity index (χ1n) is 7.26. The number of hydrogen-bond donors (Lipinski definition) is 1. The van der Waals surface area contributed by atoms with Gasteiger partial charge in [-0.1, -0.05) is 19.3 Å². The normalized spacial score (nSPS) is 16.5. The van der Waals surface area contributed by atoms with Gasteiger partial charge in [0.25, 0.3) is 0 Å². The minimum absolute atomic E-state index is 0.242. The van der Waals surface area contributed by atoms with Gasteiger partial charge in [0.2, 0.25) is 0 Å². The van der Waals surface area contributed by atoms with Crippen LogP contribution >= 0.6 is 0 Å². The minimum atomic E-state index is -0.242. The molecular formula is C16H20FN3. The number of aromatic nitrogens is 2. The number of nitrogens with zero attached hydrogens (tertiary/aromatic N) is 2. The van der Waals surface area contributed by atoms with E-state index in [0.29, 0.717) is 22.9 Å². The molecular weight excluding hydrogens is 253 g/mol. The predicted molar refractivity (Wildman–Crippen MR) is 78.9 cm³/mol. The fourth-order valence-corrected chi connectivity index (χ4v) is 2.95. The zero-order valence-electron chi connectivity index (χ0n) is 11.8. The highest BCUT2D eigenvalue weighted by atomic mass is 19.1. The number of hydrogen-bond acceptors (Lipinski definition) is 2. The lowest BCUT2D eigenvalue weighted by Crippen LogP contribution is -2.12. The van der Waals surface area contributed by atoms with Gasteiger partial charge in [-0.05, 0) is 31.9 Å². The Labute approximate surface area is 118 Å². The maximum absolute atomic E-state index is 14.3. The molecule has 1 saturated carbocycles. The zero-order valence-corrected chi connectivity index (χ0v) is 11.8. The van der Waals surface area contributed by atoms with Crippen LogP contribution in [0.2, 0.25) is 0 Å². The summed E-state index contributed by atoms with van der Waals surface area (Å²) >= 11 is 0. The van der Waals surface area contributed by atoms with Crippen molar-refractivity contribution in [1.29, 1.82) is 0 Å². The first-order valence-corrected chi connectivity index (χ1v) is 7.26. The molecule has 0 bridgehead atoms. The molecule has 1 aliphatic carbocycles. The van der Waals surface area contributed by atoms with Gasteiger partial charge in [-0.15, -0.1) is 0 Å². The van der Waals surface area contributed by atoms with E-state index >= 15 is 0 Å². The molecule has 106 valence electrons. The topological polar surface area (TPSA) is 43.8 Å². The van der Waals surface area contributed by atoms with Gasteiger partial charge < -0.3 is 5.73 Å². The first kappa shape index (κ1) is 13.2. The van der Waals surface area contributed by atoms with Crippen molar-refractivity contribution in [1.82, 2.24) is 9.78 Å². The van der Waals surface area contributed by atoms with Gasteiger partial charge in [-0.2, -0.15) is 5.10 Å². The van der Waals surface area contributed by atoms with Gasteiger partial charge in [0.1, 0.15) is 5.82 Å². The Kier molecular flexibility index (Phi) is 3.47. The molecule has 3 nitrogen and oxygen atoms in total. The highest BCUT2D eigenvalue weighted by molar-refractivity contribution is 5.67. The van der Waals surface area contributed by atoms with Crippen molar-refractivity contribution in [3.8, 4) is 11.1 Å². The van der Waals surface area contributed by atoms with Gasteiger partial charge in [-0.25, -0.2) is 4.39 Å². The second kappa shape index (κ2) is 5.27. The summed E-state index contributed by atoms with van der Waals surface area (Å²) in [5.41, 5.74) is 8.14. The van der Waals surface area contributed by atoms with Crippen molar-refractivity contribution < 1.29 is 4.39 Å². The molecule has 1 fully saturated rings. The molecule has 2 N–H and O–H groups in total. The predicted octanol–water partition coefficient (Wildman–Crippen LogP) is 4.09. The van der Waals surface area contributed by atoms with Crippen LogP contribution in [0.1, 0.15) is 43.7 Å². The number of nitrogen functional groups attached to an aromatic ring is 1. The number of rotatable bonds is 2. The third kappa shape index (κ3) is 2.30. The number of halogens is 1. The van der Waals surface area contributed by atoms with Crippen LogP contribution in [-0.4, -0.2) is 9.78 Å². The van der Waals surface area contributed by atoms with Gasteiger partial charge in [-0.3, -0.25) is 4.68 Å². The summed E-state index contributed by atoms with van der Waals surface area (Å²) in [5.74, 6) is -0.242. The molecule has 1 heterocycles. The Morgan fingerprint density at radius 2 is 2.00 bits per heavy atom. The smallest absolute Gasteiger partial charge is 0.136 e.